The molecule has 0 aliphatic rings. The second-order valence-corrected chi connectivity index (χ2v) is 7.90. The van der Waals surface area contributed by atoms with Crippen molar-refractivity contribution < 1.29 is 9.26 Å². The van der Waals surface area contributed by atoms with Gasteiger partial charge in [-0.2, -0.15) is 0 Å². The summed E-state index contributed by atoms with van der Waals surface area (Å²) in [5, 5.41) is 5.55. The highest BCUT2D eigenvalue weighted by molar-refractivity contribution is 5.96. The van der Waals surface area contributed by atoms with Crippen LogP contribution in [0.15, 0.2) is 64.2 Å². The number of imidazole rings is 1. The van der Waals surface area contributed by atoms with Gasteiger partial charge >= 0.3 is 0 Å². The van der Waals surface area contributed by atoms with E-state index in [0.717, 1.165) is 33.3 Å². The highest BCUT2D eigenvalue weighted by Crippen LogP contribution is 2.38. The van der Waals surface area contributed by atoms with Crippen LogP contribution in [0.25, 0.3) is 50.0 Å². The lowest BCUT2D eigenvalue weighted by atomic mass is 10.0. The number of benzene rings is 2. The van der Waals surface area contributed by atoms with Crippen molar-refractivity contribution in [3.8, 4) is 28.3 Å². The van der Waals surface area contributed by atoms with Gasteiger partial charge < -0.3 is 14.2 Å². The topological polar surface area (TPSA) is 98.3 Å². The van der Waals surface area contributed by atoms with Crippen LogP contribution in [0.1, 0.15) is 11.5 Å². The van der Waals surface area contributed by atoms with E-state index in [9.17, 15) is 4.79 Å². The number of methoxy groups -OCH3 is 1. The van der Waals surface area contributed by atoms with E-state index < -0.39 is 0 Å². The number of rotatable bonds is 3. The van der Waals surface area contributed by atoms with Gasteiger partial charge in [0.15, 0.2) is 0 Å². The van der Waals surface area contributed by atoms with Crippen molar-refractivity contribution in [3.63, 3.8) is 0 Å². The zero-order chi connectivity index (χ0) is 22.7. The van der Waals surface area contributed by atoms with Gasteiger partial charge in [0.25, 0.3) is 5.56 Å². The zero-order valence-corrected chi connectivity index (χ0v) is 18.2. The molecule has 162 valence electrons. The Hall–Kier alpha value is -4.46. The molecular formula is C25H19N5O3. The van der Waals surface area contributed by atoms with Crippen LogP contribution in [0.3, 0.4) is 0 Å². The number of aromatic amines is 1. The van der Waals surface area contributed by atoms with Crippen molar-refractivity contribution >= 4 is 27.5 Å². The number of ether oxygens (including phenoxy) is 1. The summed E-state index contributed by atoms with van der Waals surface area (Å²) in [7, 11) is 1.61. The van der Waals surface area contributed by atoms with Crippen molar-refractivity contribution in [2.75, 3.05) is 7.11 Å². The van der Waals surface area contributed by atoms with E-state index in [2.05, 4.69) is 20.1 Å². The molecule has 0 amide bonds. The number of H-pyrrole nitrogens is 1. The van der Waals surface area contributed by atoms with Gasteiger partial charge in [-0.25, -0.2) is 4.98 Å². The monoisotopic (exact) mass is 437 g/mol. The fourth-order valence-electron chi connectivity index (χ4n) is 4.52. The number of aromatic nitrogens is 5. The van der Waals surface area contributed by atoms with Crippen LogP contribution < -0.4 is 10.3 Å². The molecule has 0 saturated heterocycles. The summed E-state index contributed by atoms with van der Waals surface area (Å²) in [6, 6.07) is 13.5. The summed E-state index contributed by atoms with van der Waals surface area (Å²) in [4.78, 5) is 25.1. The Morgan fingerprint density at radius 2 is 1.91 bits per heavy atom. The highest BCUT2D eigenvalue weighted by Gasteiger charge is 2.20. The van der Waals surface area contributed by atoms with Crippen molar-refractivity contribution in [1.82, 2.24) is 24.5 Å². The zero-order valence-electron chi connectivity index (χ0n) is 18.2. The van der Waals surface area contributed by atoms with Crippen LogP contribution in [0.2, 0.25) is 0 Å². The number of nitrogens with one attached hydrogen (secondary N) is 1. The number of pyridine rings is 1. The maximum absolute atomic E-state index is 13.1. The van der Waals surface area contributed by atoms with Gasteiger partial charge in [-0.3, -0.25) is 14.2 Å². The third-order valence-electron chi connectivity index (χ3n) is 6.00. The lowest BCUT2D eigenvalue weighted by molar-refractivity contribution is 0.393. The van der Waals surface area contributed by atoms with Crippen LogP contribution in [0, 0.1) is 13.8 Å². The van der Waals surface area contributed by atoms with Crippen LogP contribution in [0.5, 0.6) is 5.75 Å². The van der Waals surface area contributed by atoms with Crippen molar-refractivity contribution in [3.05, 3.63) is 76.7 Å². The first kappa shape index (κ1) is 19.2. The SMILES string of the molecule is COc1cc2c(cc1-c1c(C)noc1C)c(=O)[nH]c1cnc(-c3cccc4ncccc34)n12. The van der Waals surface area contributed by atoms with E-state index in [1.54, 1.807) is 19.5 Å². The minimum atomic E-state index is -0.209. The molecule has 33 heavy (non-hydrogen) atoms. The lowest BCUT2D eigenvalue weighted by Gasteiger charge is -2.13. The molecule has 4 heterocycles. The standard InChI is InChI=1S/C25H19N5O3/c1-13-23(14(2)33-29-13)18-10-17-20(11-21(18)32-3)30-22(28-25(17)31)12-27-24(30)16-6-4-8-19-15(16)7-5-9-26-19/h4-12H,1-3H3,(H,28,31). The maximum atomic E-state index is 13.1. The third-order valence-corrected chi connectivity index (χ3v) is 6.00. The van der Waals surface area contributed by atoms with E-state index in [1.165, 1.54) is 0 Å². The smallest absolute Gasteiger partial charge is 0.258 e. The van der Waals surface area contributed by atoms with Crippen molar-refractivity contribution in [2.45, 2.75) is 13.8 Å². The molecule has 0 spiro atoms. The Labute approximate surface area is 187 Å². The third kappa shape index (κ3) is 2.77. The second kappa shape index (κ2) is 7.03. The van der Waals surface area contributed by atoms with E-state index in [1.807, 2.05) is 60.7 Å². The van der Waals surface area contributed by atoms with E-state index in [0.29, 0.717) is 33.9 Å². The average Bonchev–Trinajstić information content (AvgIpc) is 3.40. The Balaban J connectivity index is 1.73. The molecular weight excluding hydrogens is 418 g/mol. The minimum Gasteiger partial charge on any atom is -0.496 e. The predicted octanol–water partition coefficient (Wildman–Crippen LogP) is 4.67. The van der Waals surface area contributed by atoms with Gasteiger partial charge in [0.2, 0.25) is 0 Å². The van der Waals surface area contributed by atoms with Crippen LogP contribution in [-0.2, 0) is 0 Å². The molecule has 0 aliphatic carbocycles. The normalized spacial score (nSPS) is 11.6. The van der Waals surface area contributed by atoms with Gasteiger partial charge in [-0.05, 0) is 32.0 Å². The molecule has 1 N–H and O–H groups in total. The van der Waals surface area contributed by atoms with E-state index in [-0.39, 0.29) is 5.56 Å². The molecule has 6 aromatic rings. The summed E-state index contributed by atoms with van der Waals surface area (Å²) in [5.41, 5.74) is 5.17. The first-order valence-corrected chi connectivity index (χ1v) is 10.5. The van der Waals surface area contributed by atoms with Gasteiger partial charge in [0, 0.05) is 28.8 Å². The van der Waals surface area contributed by atoms with E-state index >= 15 is 0 Å². The van der Waals surface area contributed by atoms with E-state index in [4.69, 9.17) is 9.26 Å². The summed E-state index contributed by atoms with van der Waals surface area (Å²) >= 11 is 0. The first-order valence-electron chi connectivity index (χ1n) is 10.5. The van der Waals surface area contributed by atoms with Gasteiger partial charge in [-0.1, -0.05) is 23.4 Å². The van der Waals surface area contributed by atoms with Gasteiger partial charge in [-0.15, -0.1) is 0 Å². The largest absolute Gasteiger partial charge is 0.496 e. The Bertz CT molecular complexity index is 1740. The second-order valence-electron chi connectivity index (χ2n) is 7.90. The molecule has 0 aliphatic heterocycles. The summed E-state index contributed by atoms with van der Waals surface area (Å²) in [5.74, 6) is 1.98. The lowest BCUT2D eigenvalue weighted by Crippen LogP contribution is -2.10. The minimum absolute atomic E-state index is 0.209. The Morgan fingerprint density at radius 1 is 1.03 bits per heavy atom. The molecule has 0 bridgehead atoms. The number of hydrogen-bond acceptors (Lipinski definition) is 6. The molecule has 0 unspecified atom stereocenters. The number of hydrogen-bond donors (Lipinski definition) is 1. The number of fused-ring (bicyclic) bond motifs is 4. The summed E-state index contributed by atoms with van der Waals surface area (Å²) < 4.78 is 13.0. The summed E-state index contributed by atoms with van der Waals surface area (Å²) in [6.07, 6.45) is 3.43. The van der Waals surface area contributed by atoms with Crippen LogP contribution in [0.4, 0.5) is 0 Å². The molecule has 4 aromatic heterocycles. The molecule has 8 nitrogen and oxygen atoms in total. The summed E-state index contributed by atoms with van der Waals surface area (Å²) in [6.45, 7) is 3.71. The quantitative estimate of drug-likeness (QED) is 0.432. The maximum Gasteiger partial charge on any atom is 0.258 e. The van der Waals surface area contributed by atoms with Crippen molar-refractivity contribution in [1.29, 1.82) is 0 Å². The molecule has 0 saturated carbocycles. The number of nitrogens with zero attached hydrogens (tertiary/aromatic N) is 4. The van der Waals surface area contributed by atoms with Gasteiger partial charge in [0.05, 0.1) is 41.0 Å². The predicted molar refractivity (Wildman–Crippen MR) is 126 cm³/mol. The van der Waals surface area contributed by atoms with Crippen LogP contribution >= 0.6 is 0 Å². The molecule has 2 aromatic carbocycles. The van der Waals surface area contributed by atoms with Crippen molar-refractivity contribution in [2.24, 2.45) is 0 Å². The fraction of sp³-hybridized carbons (Fsp3) is 0.120. The number of aryl methyl sites for hydroxylation is 2. The highest BCUT2D eigenvalue weighted by atomic mass is 16.5. The average molecular weight is 437 g/mol. The molecule has 6 rings (SSSR count). The molecule has 8 heteroatoms. The fourth-order valence-corrected chi connectivity index (χ4v) is 4.52. The first-order chi connectivity index (χ1) is 16.1. The van der Waals surface area contributed by atoms with Gasteiger partial charge in [0.1, 0.15) is 23.0 Å². The molecule has 0 atom stereocenters. The Kier molecular flexibility index (Phi) is 4.10. The molecule has 0 fully saturated rings. The van der Waals surface area contributed by atoms with Crippen LogP contribution in [-0.4, -0.2) is 31.6 Å². The molecule has 0 radical (unpaired) electrons. The Morgan fingerprint density at radius 3 is 2.70 bits per heavy atom.